The molecule has 1 heterocycles. The summed E-state index contributed by atoms with van der Waals surface area (Å²) in [5.74, 6) is -2.37. The number of nitrogens with one attached hydrogen (secondary N) is 2. The standard InChI is InChI=1S/C23H32N2O4S/c26-20(15-10-4-5-11-16(15)23(28)29)25-22-19(17-12-6-7-13-18(17)30-22)21(27)24-14-8-2-1-3-9-14/h14-16H,1-13H2,(H,24,27)(H,25,26)(H,28,29)/t15-,16-/m0/s1. The molecule has 3 aliphatic rings. The molecule has 2 atom stereocenters. The molecule has 0 aromatic carbocycles. The highest BCUT2D eigenvalue weighted by Gasteiger charge is 2.37. The average Bonchev–Trinajstić information content (AvgIpc) is 3.12. The van der Waals surface area contributed by atoms with E-state index < -0.39 is 17.8 Å². The van der Waals surface area contributed by atoms with Crippen molar-refractivity contribution < 1.29 is 19.5 Å². The predicted molar refractivity (Wildman–Crippen MR) is 117 cm³/mol. The van der Waals surface area contributed by atoms with Gasteiger partial charge >= 0.3 is 5.97 Å². The van der Waals surface area contributed by atoms with E-state index in [0.29, 0.717) is 23.4 Å². The lowest BCUT2D eigenvalue weighted by Crippen LogP contribution is -2.38. The first kappa shape index (κ1) is 21.3. The number of carboxylic acids is 1. The first-order valence-electron chi connectivity index (χ1n) is 11.5. The number of aryl methyl sites for hydroxylation is 1. The Morgan fingerprint density at radius 1 is 0.833 bits per heavy atom. The SMILES string of the molecule is O=C(NC1CCCCC1)c1c(NC(=O)[C@H]2CCCC[C@@H]2C(=O)O)sc2c1CCCC2. The highest BCUT2D eigenvalue weighted by atomic mass is 32.1. The molecule has 0 unspecified atom stereocenters. The van der Waals surface area contributed by atoms with Gasteiger partial charge in [-0.1, -0.05) is 32.1 Å². The molecule has 3 N–H and O–H groups in total. The molecule has 2 amide bonds. The van der Waals surface area contributed by atoms with Crippen molar-refractivity contribution in [1.29, 1.82) is 0 Å². The average molecular weight is 433 g/mol. The van der Waals surface area contributed by atoms with Crippen LogP contribution >= 0.6 is 11.3 Å². The third kappa shape index (κ3) is 4.56. The zero-order chi connectivity index (χ0) is 21.1. The quantitative estimate of drug-likeness (QED) is 0.637. The van der Waals surface area contributed by atoms with Crippen molar-refractivity contribution in [2.45, 2.75) is 89.5 Å². The molecule has 4 rings (SSSR count). The Morgan fingerprint density at radius 3 is 2.23 bits per heavy atom. The fraction of sp³-hybridized carbons (Fsp3) is 0.696. The Kier molecular flexibility index (Phi) is 6.76. The molecule has 0 radical (unpaired) electrons. The minimum absolute atomic E-state index is 0.0740. The molecule has 6 nitrogen and oxygen atoms in total. The second-order valence-corrected chi connectivity index (χ2v) is 10.2. The summed E-state index contributed by atoms with van der Waals surface area (Å²) in [5, 5.41) is 16.4. The Bertz CT molecular complexity index is 812. The molecule has 164 valence electrons. The summed E-state index contributed by atoms with van der Waals surface area (Å²) in [5.41, 5.74) is 1.73. The van der Waals surface area contributed by atoms with E-state index in [-0.39, 0.29) is 17.9 Å². The van der Waals surface area contributed by atoms with E-state index in [1.807, 2.05) is 0 Å². The summed E-state index contributed by atoms with van der Waals surface area (Å²) < 4.78 is 0. The third-order valence-corrected chi connectivity index (χ3v) is 8.20. The third-order valence-electron chi connectivity index (χ3n) is 7.00. The smallest absolute Gasteiger partial charge is 0.307 e. The summed E-state index contributed by atoms with van der Waals surface area (Å²) >= 11 is 1.51. The number of carbonyl (C=O) groups is 3. The molecule has 1 aromatic rings. The molecule has 3 aliphatic carbocycles. The van der Waals surface area contributed by atoms with E-state index >= 15 is 0 Å². The second kappa shape index (κ2) is 9.50. The van der Waals surface area contributed by atoms with Crippen LogP contribution in [0.15, 0.2) is 0 Å². The molecule has 0 saturated heterocycles. The molecule has 30 heavy (non-hydrogen) atoms. The van der Waals surface area contributed by atoms with E-state index in [2.05, 4.69) is 10.6 Å². The second-order valence-electron chi connectivity index (χ2n) is 9.05. The Labute approximate surface area is 181 Å². The van der Waals surface area contributed by atoms with E-state index in [1.165, 1.54) is 22.6 Å². The highest BCUT2D eigenvalue weighted by Crippen LogP contribution is 2.39. The van der Waals surface area contributed by atoms with Crippen molar-refractivity contribution in [3.8, 4) is 0 Å². The van der Waals surface area contributed by atoms with E-state index in [0.717, 1.165) is 69.8 Å². The first-order valence-corrected chi connectivity index (χ1v) is 12.4. The van der Waals surface area contributed by atoms with Gasteiger partial charge in [-0.3, -0.25) is 14.4 Å². The van der Waals surface area contributed by atoms with Crippen LogP contribution in [-0.2, 0) is 22.4 Å². The minimum Gasteiger partial charge on any atom is -0.481 e. The lowest BCUT2D eigenvalue weighted by molar-refractivity contribution is -0.147. The number of carbonyl (C=O) groups excluding carboxylic acids is 2. The number of hydrogen-bond donors (Lipinski definition) is 3. The van der Waals surface area contributed by atoms with Gasteiger partial charge in [0, 0.05) is 10.9 Å². The number of aliphatic carboxylic acids is 1. The van der Waals surface area contributed by atoms with Crippen molar-refractivity contribution in [3.63, 3.8) is 0 Å². The van der Waals surface area contributed by atoms with Crippen molar-refractivity contribution in [3.05, 3.63) is 16.0 Å². The number of fused-ring (bicyclic) bond motifs is 1. The monoisotopic (exact) mass is 432 g/mol. The molecule has 0 spiro atoms. The lowest BCUT2D eigenvalue weighted by atomic mass is 9.78. The van der Waals surface area contributed by atoms with Crippen LogP contribution in [-0.4, -0.2) is 28.9 Å². The normalized spacial score (nSPS) is 24.7. The molecular weight excluding hydrogens is 400 g/mol. The van der Waals surface area contributed by atoms with Crippen LogP contribution in [0.3, 0.4) is 0 Å². The van der Waals surface area contributed by atoms with Crippen molar-refractivity contribution >= 4 is 34.1 Å². The molecule has 1 aromatic heterocycles. The van der Waals surface area contributed by atoms with E-state index in [4.69, 9.17) is 0 Å². The van der Waals surface area contributed by atoms with Crippen LogP contribution < -0.4 is 10.6 Å². The molecule has 7 heteroatoms. The fourth-order valence-corrected chi connectivity index (χ4v) is 6.63. The first-order chi connectivity index (χ1) is 14.5. The highest BCUT2D eigenvalue weighted by molar-refractivity contribution is 7.17. The van der Waals surface area contributed by atoms with Gasteiger partial charge in [0.1, 0.15) is 5.00 Å². The summed E-state index contributed by atoms with van der Waals surface area (Å²) in [6.45, 7) is 0. The number of rotatable bonds is 5. The Morgan fingerprint density at radius 2 is 1.50 bits per heavy atom. The lowest BCUT2D eigenvalue weighted by Gasteiger charge is -2.27. The van der Waals surface area contributed by atoms with Gasteiger partial charge in [0.25, 0.3) is 5.91 Å². The van der Waals surface area contributed by atoms with Crippen molar-refractivity contribution in [2.24, 2.45) is 11.8 Å². The predicted octanol–water partition coefficient (Wildman–Crippen LogP) is 4.52. The van der Waals surface area contributed by atoms with E-state index in [9.17, 15) is 19.5 Å². The number of anilines is 1. The Balaban J connectivity index is 1.56. The molecule has 2 saturated carbocycles. The number of thiophene rings is 1. The van der Waals surface area contributed by atoms with Crippen LogP contribution in [0.25, 0.3) is 0 Å². The maximum atomic E-state index is 13.2. The molecule has 0 aliphatic heterocycles. The zero-order valence-electron chi connectivity index (χ0n) is 17.5. The molecule has 0 bridgehead atoms. The van der Waals surface area contributed by atoms with E-state index in [1.54, 1.807) is 0 Å². The van der Waals surface area contributed by atoms with Gasteiger partial charge in [0.2, 0.25) is 5.91 Å². The van der Waals surface area contributed by atoms with Gasteiger partial charge in [-0.15, -0.1) is 11.3 Å². The van der Waals surface area contributed by atoms with Crippen LogP contribution in [0.4, 0.5) is 5.00 Å². The van der Waals surface area contributed by atoms with Gasteiger partial charge in [-0.05, 0) is 56.9 Å². The zero-order valence-corrected chi connectivity index (χ0v) is 18.3. The van der Waals surface area contributed by atoms with Gasteiger partial charge in [0.15, 0.2) is 0 Å². The Hall–Kier alpha value is -1.89. The summed E-state index contributed by atoms with van der Waals surface area (Å²) in [4.78, 5) is 39.1. The van der Waals surface area contributed by atoms with Crippen molar-refractivity contribution in [1.82, 2.24) is 5.32 Å². The minimum atomic E-state index is -0.893. The van der Waals surface area contributed by atoms with Crippen LogP contribution in [0.2, 0.25) is 0 Å². The summed E-state index contributed by atoms with van der Waals surface area (Å²) in [6, 6.07) is 0.212. The summed E-state index contributed by atoms with van der Waals surface area (Å²) in [6.07, 6.45) is 12.4. The molecule has 2 fully saturated rings. The molecular formula is C23H32N2O4S. The van der Waals surface area contributed by atoms with Crippen LogP contribution in [0.5, 0.6) is 0 Å². The topological polar surface area (TPSA) is 95.5 Å². The van der Waals surface area contributed by atoms with Gasteiger partial charge in [-0.25, -0.2) is 0 Å². The number of carboxylic acid groups (broad SMARTS) is 1. The fourth-order valence-electron chi connectivity index (χ4n) is 5.34. The largest absolute Gasteiger partial charge is 0.481 e. The van der Waals surface area contributed by atoms with Gasteiger partial charge in [-0.2, -0.15) is 0 Å². The number of amides is 2. The summed E-state index contributed by atoms with van der Waals surface area (Å²) in [7, 11) is 0. The van der Waals surface area contributed by atoms with Gasteiger partial charge < -0.3 is 15.7 Å². The number of hydrogen-bond acceptors (Lipinski definition) is 4. The maximum Gasteiger partial charge on any atom is 0.307 e. The maximum absolute atomic E-state index is 13.2. The van der Waals surface area contributed by atoms with Crippen molar-refractivity contribution in [2.75, 3.05) is 5.32 Å². The van der Waals surface area contributed by atoms with Gasteiger partial charge in [0.05, 0.1) is 17.4 Å². The van der Waals surface area contributed by atoms with Crippen LogP contribution in [0, 0.1) is 11.8 Å². The van der Waals surface area contributed by atoms with Crippen LogP contribution in [0.1, 0.15) is 91.4 Å².